The van der Waals surface area contributed by atoms with Gasteiger partial charge in [0, 0.05) is 6.04 Å². The van der Waals surface area contributed by atoms with E-state index in [9.17, 15) is 9.59 Å². The van der Waals surface area contributed by atoms with Gasteiger partial charge in [-0.3, -0.25) is 14.9 Å². The van der Waals surface area contributed by atoms with E-state index < -0.39 is 6.04 Å². The molecule has 3 rings (SSSR count). The summed E-state index contributed by atoms with van der Waals surface area (Å²) in [7, 11) is 4.73. The molecule has 3 atom stereocenters. The third-order valence-electron chi connectivity index (χ3n) is 6.69. The van der Waals surface area contributed by atoms with Gasteiger partial charge in [-0.2, -0.15) is 0 Å². The SMILES string of the molecule is CCC(C)CC(N=C(N)NC(=O)Cc1ccc(OC)c(OC)c1)C(=O)NC1Cc2ccc(OC)cc2C1. The zero-order chi connectivity index (χ0) is 26.9. The Balaban J connectivity index is 1.64. The first-order chi connectivity index (χ1) is 17.8. The molecule has 9 heteroatoms. The standard InChI is InChI=1S/C28H38N4O5/c1-6-17(2)11-23(27(34)30-21-14-19-8-9-22(35-3)16-20(19)15-21)31-28(29)32-26(33)13-18-7-10-24(36-4)25(12-18)37-5/h7-10,12,16-17,21,23H,6,11,13-15H2,1-5H3,(H,30,34)(H3,29,31,32,33). The summed E-state index contributed by atoms with van der Waals surface area (Å²) in [5.41, 5.74) is 9.18. The van der Waals surface area contributed by atoms with Crippen molar-refractivity contribution in [1.29, 1.82) is 0 Å². The number of ether oxygens (including phenoxy) is 3. The predicted molar refractivity (Wildman–Crippen MR) is 143 cm³/mol. The maximum absolute atomic E-state index is 13.2. The maximum atomic E-state index is 13.2. The van der Waals surface area contributed by atoms with Crippen LogP contribution < -0.4 is 30.6 Å². The smallest absolute Gasteiger partial charge is 0.245 e. The van der Waals surface area contributed by atoms with Crippen molar-refractivity contribution in [3.63, 3.8) is 0 Å². The number of hydrogen-bond acceptors (Lipinski definition) is 6. The fourth-order valence-corrected chi connectivity index (χ4v) is 4.45. The Morgan fingerprint density at radius 2 is 1.76 bits per heavy atom. The highest BCUT2D eigenvalue weighted by Gasteiger charge is 2.27. The predicted octanol–water partition coefficient (Wildman–Crippen LogP) is 2.77. The number of carbonyl (C=O) groups is 2. The fraction of sp³-hybridized carbons (Fsp3) is 0.464. The van der Waals surface area contributed by atoms with Crippen molar-refractivity contribution in [2.45, 2.75) is 58.0 Å². The van der Waals surface area contributed by atoms with E-state index in [1.807, 2.05) is 18.2 Å². The number of amides is 2. The first kappa shape index (κ1) is 27.8. The molecule has 2 aromatic carbocycles. The van der Waals surface area contributed by atoms with E-state index in [1.165, 1.54) is 18.2 Å². The summed E-state index contributed by atoms with van der Waals surface area (Å²) in [6.07, 6.45) is 2.99. The zero-order valence-electron chi connectivity index (χ0n) is 22.3. The van der Waals surface area contributed by atoms with Gasteiger partial charge in [-0.25, -0.2) is 4.99 Å². The van der Waals surface area contributed by atoms with Crippen LogP contribution in [-0.4, -0.2) is 51.2 Å². The molecule has 9 nitrogen and oxygen atoms in total. The lowest BCUT2D eigenvalue weighted by Crippen LogP contribution is -2.44. The number of benzene rings is 2. The van der Waals surface area contributed by atoms with E-state index in [2.05, 4.69) is 29.5 Å². The minimum Gasteiger partial charge on any atom is -0.497 e. The van der Waals surface area contributed by atoms with Crippen LogP contribution in [0.3, 0.4) is 0 Å². The first-order valence-electron chi connectivity index (χ1n) is 12.6. The van der Waals surface area contributed by atoms with Gasteiger partial charge in [0.1, 0.15) is 11.8 Å². The summed E-state index contributed by atoms with van der Waals surface area (Å²) in [5.74, 6) is 1.58. The van der Waals surface area contributed by atoms with Crippen molar-refractivity contribution < 1.29 is 23.8 Å². The van der Waals surface area contributed by atoms with Crippen molar-refractivity contribution in [3.05, 3.63) is 53.1 Å². The highest BCUT2D eigenvalue weighted by Crippen LogP contribution is 2.28. The zero-order valence-corrected chi connectivity index (χ0v) is 22.3. The van der Waals surface area contributed by atoms with Crippen LogP contribution in [0.5, 0.6) is 17.2 Å². The molecule has 0 saturated carbocycles. The molecule has 0 spiro atoms. The van der Waals surface area contributed by atoms with Crippen molar-refractivity contribution >= 4 is 17.8 Å². The Morgan fingerprint density at radius 1 is 1.03 bits per heavy atom. The molecule has 2 amide bonds. The average molecular weight is 511 g/mol. The molecule has 0 aromatic heterocycles. The van der Waals surface area contributed by atoms with Crippen LogP contribution in [0.15, 0.2) is 41.4 Å². The van der Waals surface area contributed by atoms with Crippen molar-refractivity contribution in [2.24, 2.45) is 16.6 Å². The number of hydrogen-bond donors (Lipinski definition) is 3. The molecule has 0 aliphatic heterocycles. The molecule has 37 heavy (non-hydrogen) atoms. The van der Waals surface area contributed by atoms with E-state index in [-0.39, 0.29) is 36.2 Å². The lowest BCUT2D eigenvalue weighted by molar-refractivity contribution is -0.123. The topological polar surface area (TPSA) is 124 Å². The minimum atomic E-state index is -0.699. The van der Waals surface area contributed by atoms with E-state index in [0.29, 0.717) is 17.9 Å². The van der Waals surface area contributed by atoms with Crippen molar-refractivity contribution in [1.82, 2.24) is 10.6 Å². The average Bonchev–Trinajstić information content (AvgIpc) is 3.29. The summed E-state index contributed by atoms with van der Waals surface area (Å²) < 4.78 is 15.9. The van der Waals surface area contributed by atoms with Crippen LogP contribution >= 0.6 is 0 Å². The highest BCUT2D eigenvalue weighted by atomic mass is 16.5. The molecular formula is C28H38N4O5. The summed E-state index contributed by atoms with van der Waals surface area (Å²) in [4.78, 5) is 30.3. The molecule has 4 N–H and O–H groups in total. The summed E-state index contributed by atoms with van der Waals surface area (Å²) in [6.45, 7) is 4.14. The van der Waals surface area contributed by atoms with Gasteiger partial charge in [-0.05, 0) is 66.1 Å². The largest absolute Gasteiger partial charge is 0.497 e. The third kappa shape index (κ3) is 7.62. The Kier molecular flexibility index (Phi) is 9.77. The second-order valence-electron chi connectivity index (χ2n) is 9.44. The number of nitrogens with zero attached hydrogens (tertiary/aromatic N) is 1. The van der Waals surface area contributed by atoms with E-state index >= 15 is 0 Å². The van der Waals surface area contributed by atoms with Gasteiger partial charge in [0.25, 0.3) is 0 Å². The lowest BCUT2D eigenvalue weighted by Gasteiger charge is -2.20. The van der Waals surface area contributed by atoms with Crippen LogP contribution in [0.25, 0.3) is 0 Å². The maximum Gasteiger partial charge on any atom is 0.245 e. The summed E-state index contributed by atoms with van der Waals surface area (Å²) in [5, 5.41) is 5.75. The molecule has 0 radical (unpaired) electrons. The van der Waals surface area contributed by atoms with Gasteiger partial charge >= 0.3 is 0 Å². The summed E-state index contributed by atoms with van der Waals surface area (Å²) in [6, 6.07) is 10.5. The molecule has 0 saturated heterocycles. The quantitative estimate of drug-likeness (QED) is 0.315. The molecule has 1 aliphatic rings. The monoisotopic (exact) mass is 510 g/mol. The lowest BCUT2D eigenvalue weighted by atomic mass is 9.99. The van der Waals surface area contributed by atoms with E-state index in [4.69, 9.17) is 19.9 Å². The minimum absolute atomic E-state index is 0.0230. The second kappa shape index (κ2) is 13.0. The number of fused-ring (bicyclic) bond motifs is 1. The number of carbonyl (C=O) groups excluding carboxylic acids is 2. The Labute approximate surface area is 218 Å². The molecule has 1 aliphatic carbocycles. The van der Waals surface area contributed by atoms with E-state index in [1.54, 1.807) is 32.4 Å². The Morgan fingerprint density at radius 3 is 2.43 bits per heavy atom. The molecule has 3 unspecified atom stereocenters. The molecule has 0 bridgehead atoms. The van der Waals surface area contributed by atoms with Gasteiger partial charge in [0.05, 0.1) is 27.8 Å². The molecular weight excluding hydrogens is 472 g/mol. The Bertz CT molecular complexity index is 1130. The molecule has 2 aromatic rings. The molecule has 0 heterocycles. The van der Waals surface area contributed by atoms with Gasteiger partial charge in [0.15, 0.2) is 17.5 Å². The van der Waals surface area contributed by atoms with Gasteiger partial charge in [0.2, 0.25) is 11.8 Å². The summed E-state index contributed by atoms with van der Waals surface area (Å²) >= 11 is 0. The van der Waals surface area contributed by atoms with Gasteiger partial charge in [-0.1, -0.05) is 32.4 Å². The van der Waals surface area contributed by atoms with E-state index in [0.717, 1.165) is 30.6 Å². The second-order valence-corrected chi connectivity index (χ2v) is 9.44. The normalized spacial score (nSPS) is 16.4. The van der Waals surface area contributed by atoms with Crippen LogP contribution in [0.4, 0.5) is 0 Å². The van der Waals surface area contributed by atoms with Gasteiger partial charge in [-0.15, -0.1) is 0 Å². The van der Waals surface area contributed by atoms with Crippen LogP contribution in [0.1, 0.15) is 43.4 Å². The number of aliphatic imine (C=N–C) groups is 1. The van der Waals surface area contributed by atoms with Gasteiger partial charge < -0.3 is 25.3 Å². The first-order valence-corrected chi connectivity index (χ1v) is 12.6. The number of rotatable bonds is 11. The van der Waals surface area contributed by atoms with Crippen LogP contribution in [0.2, 0.25) is 0 Å². The number of methoxy groups -OCH3 is 3. The molecule has 0 fully saturated rings. The Hall–Kier alpha value is -3.75. The third-order valence-corrected chi connectivity index (χ3v) is 6.69. The van der Waals surface area contributed by atoms with Crippen LogP contribution in [-0.2, 0) is 28.9 Å². The van der Waals surface area contributed by atoms with Crippen molar-refractivity contribution in [3.8, 4) is 17.2 Å². The van der Waals surface area contributed by atoms with Crippen molar-refractivity contribution in [2.75, 3.05) is 21.3 Å². The number of guanidine groups is 1. The number of nitrogens with two attached hydrogens (primary N) is 1. The fourth-order valence-electron chi connectivity index (χ4n) is 4.45. The number of nitrogens with one attached hydrogen (secondary N) is 2. The highest BCUT2D eigenvalue weighted by molar-refractivity contribution is 5.98. The van der Waals surface area contributed by atoms with Crippen LogP contribution in [0, 0.1) is 5.92 Å². The molecule has 200 valence electrons.